The van der Waals surface area contributed by atoms with Crippen LogP contribution in [0.2, 0.25) is 0 Å². The number of nitrogens with zero attached hydrogens (tertiary/aromatic N) is 1. The molecule has 0 saturated heterocycles. The molecule has 21 heavy (non-hydrogen) atoms. The van der Waals surface area contributed by atoms with Gasteiger partial charge in [0, 0.05) is 18.5 Å². The summed E-state index contributed by atoms with van der Waals surface area (Å²) >= 11 is 0. The Kier molecular flexibility index (Phi) is 7.21. The topological polar surface area (TPSA) is 76.7 Å². The van der Waals surface area contributed by atoms with Crippen LogP contribution in [0.15, 0.2) is 29.4 Å². The van der Waals surface area contributed by atoms with Gasteiger partial charge in [0.1, 0.15) is 11.7 Å². The number of hydrogen-bond donors (Lipinski definition) is 2. The number of nitrogens with two attached hydrogens (primary N) is 1. The molecule has 1 rings (SSSR count). The molecule has 0 fully saturated rings. The van der Waals surface area contributed by atoms with E-state index in [2.05, 4.69) is 24.3 Å². The van der Waals surface area contributed by atoms with Crippen molar-refractivity contribution in [2.75, 3.05) is 6.61 Å². The number of rotatable bonds is 8. The summed E-state index contributed by atoms with van der Waals surface area (Å²) < 4.78 is 13.3. The SMILES string of the molecule is CC(C)CC/C(N)=N/OCC(=O)NCc1ccccc1F. The monoisotopic (exact) mass is 295 g/mol. The van der Waals surface area contributed by atoms with E-state index >= 15 is 0 Å². The largest absolute Gasteiger partial charge is 0.384 e. The minimum atomic E-state index is -0.376. The van der Waals surface area contributed by atoms with Crippen molar-refractivity contribution in [1.82, 2.24) is 5.32 Å². The first-order chi connectivity index (χ1) is 9.99. The van der Waals surface area contributed by atoms with Gasteiger partial charge in [-0.2, -0.15) is 0 Å². The Labute approximate surface area is 124 Å². The van der Waals surface area contributed by atoms with Crippen LogP contribution < -0.4 is 11.1 Å². The summed E-state index contributed by atoms with van der Waals surface area (Å²) in [6, 6.07) is 6.26. The molecule has 6 heteroatoms. The maximum atomic E-state index is 13.3. The Balaban J connectivity index is 2.25. The molecule has 0 spiro atoms. The summed E-state index contributed by atoms with van der Waals surface area (Å²) in [6.07, 6.45) is 1.55. The number of amides is 1. The summed E-state index contributed by atoms with van der Waals surface area (Å²) in [5.41, 5.74) is 6.06. The number of amidine groups is 1. The van der Waals surface area contributed by atoms with Crippen molar-refractivity contribution in [2.45, 2.75) is 33.2 Å². The molecule has 0 atom stereocenters. The van der Waals surface area contributed by atoms with E-state index in [1.807, 2.05) is 0 Å². The fourth-order valence-electron chi connectivity index (χ4n) is 1.54. The first kappa shape index (κ1) is 16.9. The highest BCUT2D eigenvalue weighted by Crippen LogP contribution is 2.05. The molecule has 0 bridgehead atoms. The van der Waals surface area contributed by atoms with Gasteiger partial charge in [0.05, 0.1) is 0 Å². The van der Waals surface area contributed by atoms with E-state index in [1.165, 1.54) is 6.07 Å². The maximum Gasteiger partial charge on any atom is 0.261 e. The quantitative estimate of drug-likeness (QED) is 0.438. The number of hydrogen-bond acceptors (Lipinski definition) is 3. The van der Waals surface area contributed by atoms with Crippen LogP contribution in [-0.4, -0.2) is 18.3 Å². The second-order valence-electron chi connectivity index (χ2n) is 5.16. The summed E-state index contributed by atoms with van der Waals surface area (Å²) in [6.45, 7) is 4.05. The van der Waals surface area contributed by atoms with Crippen molar-refractivity contribution in [3.05, 3.63) is 35.6 Å². The number of oxime groups is 1. The van der Waals surface area contributed by atoms with Crippen LogP contribution >= 0.6 is 0 Å². The number of carbonyl (C=O) groups excluding carboxylic acids is 1. The normalized spacial score (nSPS) is 11.5. The van der Waals surface area contributed by atoms with Crippen molar-refractivity contribution in [1.29, 1.82) is 0 Å². The summed E-state index contributed by atoms with van der Waals surface area (Å²) in [4.78, 5) is 16.4. The first-order valence-electron chi connectivity index (χ1n) is 6.93. The van der Waals surface area contributed by atoms with Crippen LogP contribution in [0.5, 0.6) is 0 Å². The molecule has 0 radical (unpaired) electrons. The Hall–Kier alpha value is -2.11. The van der Waals surface area contributed by atoms with Crippen molar-refractivity contribution in [3.63, 3.8) is 0 Å². The lowest BCUT2D eigenvalue weighted by molar-refractivity contribution is -0.125. The Morgan fingerprint density at radius 1 is 1.43 bits per heavy atom. The second kappa shape index (κ2) is 8.94. The van der Waals surface area contributed by atoms with Crippen LogP contribution in [0.4, 0.5) is 4.39 Å². The zero-order valence-corrected chi connectivity index (χ0v) is 12.4. The van der Waals surface area contributed by atoms with Crippen molar-refractivity contribution >= 4 is 11.7 Å². The molecular weight excluding hydrogens is 273 g/mol. The molecule has 0 heterocycles. The highest BCUT2D eigenvalue weighted by atomic mass is 19.1. The van der Waals surface area contributed by atoms with Crippen molar-refractivity contribution in [3.8, 4) is 0 Å². The third-order valence-corrected chi connectivity index (χ3v) is 2.79. The van der Waals surface area contributed by atoms with Crippen LogP contribution in [0.25, 0.3) is 0 Å². The third kappa shape index (κ3) is 7.29. The van der Waals surface area contributed by atoms with Gasteiger partial charge in [-0.15, -0.1) is 0 Å². The predicted molar refractivity (Wildman–Crippen MR) is 79.9 cm³/mol. The van der Waals surface area contributed by atoms with Gasteiger partial charge in [0.25, 0.3) is 5.91 Å². The fourth-order valence-corrected chi connectivity index (χ4v) is 1.54. The summed E-state index contributed by atoms with van der Waals surface area (Å²) in [5, 5.41) is 6.22. The van der Waals surface area contributed by atoms with E-state index in [4.69, 9.17) is 10.6 Å². The standard InChI is InChI=1S/C15H22FN3O2/c1-11(2)7-8-14(17)19-21-10-15(20)18-9-12-5-3-4-6-13(12)16/h3-6,11H,7-10H2,1-2H3,(H2,17,19)(H,18,20). The van der Waals surface area contributed by atoms with E-state index in [1.54, 1.807) is 18.2 Å². The average Bonchev–Trinajstić information content (AvgIpc) is 2.44. The minimum Gasteiger partial charge on any atom is -0.384 e. The molecule has 0 aromatic heterocycles. The zero-order chi connectivity index (χ0) is 15.7. The van der Waals surface area contributed by atoms with E-state index in [0.717, 1.165) is 6.42 Å². The molecular formula is C15H22FN3O2. The van der Waals surface area contributed by atoms with Gasteiger partial charge in [-0.1, -0.05) is 37.2 Å². The number of nitrogens with one attached hydrogen (secondary N) is 1. The Morgan fingerprint density at radius 3 is 2.81 bits per heavy atom. The molecule has 3 N–H and O–H groups in total. The second-order valence-corrected chi connectivity index (χ2v) is 5.16. The third-order valence-electron chi connectivity index (χ3n) is 2.79. The molecule has 5 nitrogen and oxygen atoms in total. The highest BCUT2D eigenvalue weighted by molar-refractivity contribution is 5.80. The van der Waals surface area contributed by atoms with Gasteiger partial charge in [-0.3, -0.25) is 4.79 Å². The van der Waals surface area contributed by atoms with Gasteiger partial charge in [0.2, 0.25) is 0 Å². The average molecular weight is 295 g/mol. The number of halogens is 1. The minimum absolute atomic E-state index is 0.113. The molecule has 116 valence electrons. The molecule has 1 amide bonds. The van der Waals surface area contributed by atoms with E-state index in [9.17, 15) is 9.18 Å². The molecule has 0 unspecified atom stereocenters. The lowest BCUT2D eigenvalue weighted by Crippen LogP contribution is -2.27. The van der Waals surface area contributed by atoms with Crippen LogP contribution in [0.3, 0.4) is 0 Å². The lowest BCUT2D eigenvalue weighted by Gasteiger charge is -2.06. The number of benzene rings is 1. The van der Waals surface area contributed by atoms with Gasteiger partial charge < -0.3 is 15.9 Å². The predicted octanol–water partition coefficient (Wildman–Crippen LogP) is 2.17. The van der Waals surface area contributed by atoms with Crippen LogP contribution in [-0.2, 0) is 16.2 Å². The zero-order valence-electron chi connectivity index (χ0n) is 12.4. The molecule has 0 aliphatic rings. The molecule has 0 saturated carbocycles. The first-order valence-corrected chi connectivity index (χ1v) is 6.93. The van der Waals surface area contributed by atoms with E-state index in [-0.39, 0.29) is 24.9 Å². The van der Waals surface area contributed by atoms with Gasteiger partial charge in [-0.05, 0) is 18.4 Å². The van der Waals surface area contributed by atoms with Crippen molar-refractivity contribution in [2.24, 2.45) is 16.8 Å². The van der Waals surface area contributed by atoms with Crippen LogP contribution in [0, 0.1) is 11.7 Å². The smallest absolute Gasteiger partial charge is 0.261 e. The molecule has 1 aromatic carbocycles. The van der Waals surface area contributed by atoms with Crippen molar-refractivity contribution < 1.29 is 14.0 Å². The Morgan fingerprint density at radius 2 is 2.14 bits per heavy atom. The maximum absolute atomic E-state index is 13.3. The lowest BCUT2D eigenvalue weighted by atomic mass is 10.1. The summed E-state index contributed by atoms with van der Waals surface area (Å²) in [7, 11) is 0. The van der Waals surface area contributed by atoms with E-state index < -0.39 is 0 Å². The summed E-state index contributed by atoms with van der Waals surface area (Å²) in [5.74, 6) is 0.168. The van der Waals surface area contributed by atoms with E-state index in [0.29, 0.717) is 23.7 Å². The van der Waals surface area contributed by atoms with Gasteiger partial charge in [0.15, 0.2) is 6.61 Å². The highest BCUT2D eigenvalue weighted by Gasteiger charge is 2.05. The number of carbonyl (C=O) groups is 1. The molecule has 1 aromatic rings. The molecule has 0 aliphatic heterocycles. The van der Waals surface area contributed by atoms with Gasteiger partial charge in [-0.25, -0.2) is 4.39 Å². The Bertz CT molecular complexity index is 490. The fraction of sp³-hybridized carbons (Fsp3) is 0.467. The molecule has 0 aliphatic carbocycles. The van der Waals surface area contributed by atoms with Gasteiger partial charge >= 0.3 is 0 Å². The van der Waals surface area contributed by atoms with Crippen LogP contribution in [0.1, 0.15) is 32.3 Å².